The fraction of sp³-hybridized carbons (Fsp3) is 1.00. The summed E-state index contributed by atoms with van der Waals surface area (Å²) >= 11 is 5.57. The van der Waals surface area contributed by atoms with Gasteiger partial charge in [-0.1, -0.05) is 12.8 Å². The Bertz CT molecular complexity index is 107. The van der Waals surface area contributed by atoms with E-state index in [-0.39, 0.29) is 0 Å². The van der Waals surface area contributed by atoms with Crippen molar-refractivity contribution in [2.75, 3.05) is 20.1 Å². The van der Waals surface area contributed by atoms with Gasteiger partial charge in [-0.25, -0.2) is 0 Å². The van der Waals surface area contributed by atoms with Crippen LogP contribution in [0.5, 0.6) is 0 Å². The molecule has 0 saturated carbocycles. The van der Waals surface area contributed by atoms with Crippen LogP contribution < -0.4 is 0 Å². The summed E-state index contributed by atoms with van der Waals surface area (Å²) < 4.78 is 10.7. The highest BCUT2D eigenvalue weighted by Gasteiger charge is 2.27. The zero-order valence-corrected chi connectivity index (χ0v) is 9.99. The van der Waals surface area contributed by atoms with Gasteiger partial charge in [0.2, 0.25) is 0 Å². The molecule has 0 heterocycles. The van der Waals surface area contributed by atoms with Crippen molar-refractivity contribution in [3.05, 3.63) is 0 Å². The minimum Gasteiger partial charge on any atom is -0.398 e. The van der Waals surface area contributed by atoms with Crippen LogP contribution in [0.4, 0.5) is 0 Å². The van der Waals surface area contributed by atoms with Gasteiger partial charge < -0.3 is 8.85 Å². The van der Waals surface area contributed by atoms with Gasteiger partial charge in [0.15, 0.2) is 0 Å². The van der Waals surface area contributed by atoms with E-state index in [0.717, 1.165) is 24.8 Å². The molecule has 0 atom stereocenters. The van der Waals surface area contributed by atoms with Crippen LogP contribution in [0, 0.1) is 0 Å². The van der Waals surface area contributed by atoms with E-state index in [2.05, 4.69) is 6.55 Å². The van der Waals surface area contributed by atoms with Crippen molar-refractivity contribution in [1.82, 2.24) is 0 Å². The number of hydrogen-bond donors (Lipinski definition) is 0. The topological polar surface area (TPSA) is 18.5 Å². The van der Waals surface area contributed by atoms with Gasteiger partial charge in [-0.05, 0) is 19.0 Å². The second-order valence-corrected chi connectivity index (χ2v) is 7.00. The van der Waals surface area contributed by atoms with Gasteiger partial charge in [-0.2, -0.15) is 0 Å². The lowest BCUT2D eigenvalue weighted by Gasteiger charge is -2.22. The number of hydrogen-bond acceptors (Lipinski definition) is 2. The monoisotopic (exact) mass is 210 g/mol. The van der Waals surface area contributed by atoms with E-state index >= 15 is 0 Å². The standard InChI is InChI=1S/C8H19ClO2Si/c1-10-12(3,11-2)8-6-4-5-7-9/h4-8H2,1-3H3. The summed E-state index contributed by atoms with van der Waals surface area (Å²) in [5.74, 6) is 0.762. The molecule has 2 nitrogen and oxygen atoms in total. The minimum atomic E-state index is -1.79. The molecule has 4 heteroatoms. The van der Waals surface area contributed by atoms with Gasteiger partial charge in [-0.3, -0.25) is 0 Å². The third kappa shape index (κ3) is 5.14. The number of rotatable bonds is 7. The smallest absolute Gasteiger partial charge is 0.334 e. The predicted octanol–water partition coefficient (Wildman–Crippen LogP) is 2.76. The molecule has 0 rings (SSSR count). The Kier molecular flexibility index (Phi) is 7.14. The van der Waals surface area contributed by atoms with Gasteiger partial charge in [0.05, 0.1) is 0 Å². The van der Waals surface area contributed by atoms with Crippen LogP contribution in [0.1, 0.15) is 19.3 Å². The molecular weight excluding hydrogens is 192 g/mol. The molecule has 12 heavy (non-hydrogen) atoms. The molecule has 0 saturated heterocycles. The highest BCUT2D eigenvalue weighted by Crippen LogP contribution is 2.15. The Labute approximate surface area is 81.5 Å². The van der Waals surface area contributed by atoms with Crippen LogP contribution in [0.3, 0.4) is 0 Å². The maximum Gasteiger partial charge on any atom is 0.334 e. The molecular formula is C8H19ClO2Si. The van der Waals surface area contributed by atoms with E-state index in [9.17, 15) is 0 Å². The SMILES string of the molecule is CO[Si](C)(CCCCCCl)OC. The Hall–Kier alpha value is 0.427. The van der Waals surface area contributed by atoms with E-state index in [4.69, 9.17) is 20.5 Å². The lowest BCUT2D eigenvalue weighted by molar-refractivity contribution is 0.248. The normalized spacial score (nSPS) is 12.0. The second-order valence-electron chi connectivity index (χ2n) is 3.04. The molecule has 0 amide bonds. The third-order valence-corrected chi connectivity index (χ3v) is 5.38. The highest BCUT2D eigenvalue weighted by atomic mass is 35.5. The largest absolute Gasteiger partial charge is 0.398 e. The first-order chi connectivity index (χ1) is 5.68. The summed E-state index contributed by atoms with van der Waals surface area (Å²) in [4.78, 5) is 0. The Morgan fingerprint density at radius 1 is 1.08 bits per heavy atom. The van der Waals surface area contributed by atoms with E-state index in [1.54, 1.807) is 14.2 Å². The fourth-order valence-corrected chi connectivity index (χ4v) is 2.66. The zero-order chi connectivity index (χ0) is 9.45. The lowest BCUT2D eigenvalue weighted by Crippen LogP contribution is -2.35. The maximum atomic E-state index is 5.57. The third-order valence-electron chi connectivity index (χ3n) is 2.13. The van der Waals surface area contributed by atoms with Crippen LogP contribution in [-0.2, 0) is 8.85 Å². The van der Waals surface area contributed by atoms with Crippen LogP contribution in [0.15, 0.2) is 0 Å². The lowest BCUT2D eigenvalue weighted by atomic mass is 10.3. The molecule has 0 radical (unpaired) electrons. The maximum absolute atomic E-state index is 5.57. The van der Waals surface area contributed by atoms with E-state index in [1.807, 2.05) is 0 Å². The summed E-state index contributed by atoms with van der Waals surface area (Å²) in [6, 6.07) is 1.07. The summed E-state index contributed by atoms with van der Waals surface area (Å²) in [5, 5.41) is 0. The van der Waals surface area contributed by atoms with Gasteiger partial charge in [0.25, 0.3) is 0 Å². The molecule has 74 valence electrons. The average molecular weight is 211 g/mol. The van der Waals surface area contributed by atoms with Crippen molar-refractivity contribution in [2.45, 2.75) is 31.9 Å². The number of unbranched alkanes of at least 4 members (excludes halogenated alkanes) is 2. The van der Waals surface area contributed by atoms with Crippen LogP contribution in [0.25, 0.3) is 0 Å². The highest BCUT2D eigenvalue weighted by molar-refractivity contribution is 6.65. The Morgan fingerprint density at radius 3 is 2.08 bits per heavy atom. The molecule has 0 aromatic carbocycles. The van der Waals surface area contributed by atoms with Gasteiger partial charge in [-0.15, -0.1) is 11.6 Å². The summed E-state index contributed by atoms with van der Waals surface area (Å²) in [6.07, 6.45) is 3.44. The Balaban J connectivity index is 3.45. The first kappa shape index (κ1) is 12.4. The minimum absolute atomic E-state index is 0.762. The van der Waals surface area contributed by atoms with Crippen molar-refractivity contribution >= 4 is 20.2 Å². The quantitative estimate of drug-likeness (QED) is 0.366. The van der Waals surface area contributed by atoms with Crippen molar-refractivity contribution in [2.24, 2.45) is 0 Å². The molecule has 0 fully saturated rings. The van der Waals surface area contributed by atoms with Gasteiger partial charge >= 0.3 is 8.56 Å². The summed E-state index contributed by atoms with van der Waals surface area (Å²) in [6.45, 7) is 2.09. The first-order valence-corrected chi connectivity index (χ1v) is 7.40. The first-order valence-electron chi connectivity index (χ1n) is 4.35. The van der Waals surface area contributed by atoms with Gasteiger partial charge in [0.1, 0.15) is 0 Å². The second kappa shape index (κ2) is 6.89. The van der Waals surface area contributed by atoms with Crippen LogP contribution >= 0.6 is 11.6 Å². The Morgan fingerprint density at radius 2 is 1.67 bits per heavy atom. The molecule has 0 bridgehead atoms. The van der Waals surface area contributed by atoms with E-state index in [1.165, 1.54) is 6.42 Å². The molecule has 0 spiro atoms. The summed E-state index contributed by atoms with van der Waals surface area (Å²) in [5.41, 5.74) is 0. The molecule has 0 aromatic rings. The molecule has 0 aliphatic rings. The van der Waals surface area contributed by atoms with Crippen LogP contribution in [0.2, 0.25) is 12.6 Å². The zero-order valence-electron chi connectivity index (χ0n) is 8.23. The number of halogens is 1. The van der Waals surface area contributed by atoms with Crippen molar-refractivity contribution in [1.29, 1.82) is 0 Å². The fourth-order valence-electron chi connectivity index (χ4n) is 1.00. The molecule has 0 aliphatic carbocycles. The number of alkyl halides is 1. The van der Waals surface area contributed by atoms with Gasteiger partial charge in [0, 0.05) is 20.1 Å². The average Bonchev–Trinajstić information content (AvgIpc) is 2.12. The van der Waals surface area contributed by atoms with Crippen LogP contribution in [-0.4, -0.2) is 28.7 Å². The molecule has 0 unspecified atom stereocenters. The summed E-state index contributed by atoms with van der Waals surface area (Å²) in [7, 11) is 1.68. The van der Waals surface area contributed by atoms with Crippen molar-refractivity contribution in [3.8, 4) is 0 Å². The predicted molar refractivity (Wildman–Crippen MR) is 55.0 cm³/mol. The molecule has 0 N–H and O–H groups in total. The van der Waals surface area contributed by atoms with E-state index < -0.39 is 8.56 Å². The van der Waals surface area contributed by atoms with Crippen molar-refractivity contribution < 1.29 is 8.85 Å². The molecule has 0 aromatic heterocycles. The van der Waals surface area contributed by atoms with Crippen molar-refractivity contribution in [3.63, 3.8) is 0 Å². The van der Waals surface area contributed by atoms with E-state index in [0.29, 0.717) is 0 Å². The molecule has 0 aliphatic heterocycles.